The second-order valence-corrected chi connectivity index (χ2v) is 4.05. The van der Waals surface area contributed by atoms with Crippen LogP contribution < -0.4 is 4.90 Å². The lowest BCUT2D eigenvalue weighted by Crippen LogP contribution is -2.33. The van der Waals surface area contributed by atoms with Gasteiger partial charge in [0.25, 0.3) is 0 Å². The van der Waals surface area contributed by atoms with Crippen LogP contribution >= 0.6 is 11.6 Å². The largest absolute Gasteiger partial charge is 0.353 e. The second-order valence-electron chi connectivity index (χ2n) is 3.67. The fourth-order valence-electron chi connectivity index (χ4n) is 1.36. The maximum absolute atomic E-state index is 5.75. The van der Waals surface area contributed by atoms with Crippen molar-refractivity contribution in [2.45, 2.75) is 26.8 Å². The summed E-state index contributed by atoms with van der Waals surface area (Å²) in [6.07, 6.45) is 1.89. The number of nitrogens with zero attached hydrogens (tertiary/aromatic N) is 2. The molecule has 1 aromatic heterocycles. The highest BCUT2D eigenvalue weighted by molar-refractivity contribution is 6.18. The Bertz CT molecular complexity index is 269. The van der Waals surface area contributed by atoms with Crippen molar-refractivity contribution in [2.75, 3.05) is 17.3 Å². The van der Waals surface area contributed by atoms with Crippen molar-refractivity contribution in [1.82, 2.24) is 4.98 Å². The van der Waals surface area contributed by atoms with Crippen LogP contribution in [0.2, 0.25) is 0 Å². The third-order valence-electron chi connectivity index (χ3n) is 2.14. The minimum atomic E-state index is 0.434. The molecule has 0 N–H and O–H groups in total. The maximum atomic E-state index is 5.75. The van der Waals surface area contributed by atoms with E-state index in [1.807, 2.05) is 19.2 Å². The van der Waals surface area contributed by atoms with Gasteiger partial charge in [0.05, 0.1) is 0 Å². The summed E-state index contributed by atoms with van der Waals surface area (Å²) < 4.78 is 0. The first kappa shape index (κ1) is 11.3. The Kier molecular flexibility index (Phi) is 4.21. The number of aryl methyl sites for hydroxylation is 1. The van der Waals surface area contributed by atoms with Gasteiger partial charge in [-0.1, -0.05) is 6.07 Å². The molecule has 0 saturated heterocycles. The van der Waals surface area contributed by atoms with E-state index in [1.54, 1.807) is 0 Å². The Morgan fingerprint density at radius 2 is 2.14 bits per heavy atom. The molecule has 0 atom stereocenters. The topological polar surface area (TPSA) is 16.1 Å². The summed E-state index contributed by atoms with van der Waals surface area (Å²) in [4.78, 5) is 6.59. The van der Waals surface area contributed by atoms with E-state index in [0.29, 0.717) is 11.9 Å². The van der Waals surface area contributed by atoms with Crippen LogP contribution in [0.15, 0.2) is 18.3 Å². The predicted octanol–water partition coefficient (Wildman–Crippen LogP) is 2.84. The average molecular weight is 213 g/mol. The number of hydrogen-bond acceptors (Lipinski definition) is 2. The van der Waals surface area contributed by atoms with Crippen LogP contribution in [0.25, 0.3) is 0 Å². The predicted molar refractivity (Wildman–Crippen MR) is 62.2 cm³/mol. The highest BCUT2D eigenvalue weighted by Gasteiger charge is 2.10. The normalized spacial score (nSPS) is 10.6. The molecule has 1 rings (SSSR count). The summed E-state index contributed by atoms with van der Waals surface area (Å²) in [5, 5.41) is 0. The zero-order chi connectivity index (χ0) is 10.6. The van der Waals surface area contributed by atoms with Gasteiger partial charge < -0.3 is 4.90 Å². The zero-order valence-electron chi connectivity index (χ0n) is 9.00. The van der Waals surface area contributed by atoms with Gasteiger partial charge in [-0.25, -0.2) is 4.98 Å². The molecule has 14 heavy (non-hydrogen) atoms. The van der Waals surface area contributed by atoms with Gasteiger partial charge >= 0.3 is 0 Å². The first-order valence-corrected chi connectivity index (χ1v) is 5.44. The number of alkyl halides is 1. The molecule has 78 valence electrons. The molecule has 2 nitrogen and oxygen atoms in total. The molecular formula is C11H17ClN2. The SMILES string of the molecule is Cc1ccc(N(CCCl)C(C)C)nc1. The summed E-state index contributed by atoms with van der Waals surface area (Å²) >= 11 is 5.75. The van der Waals surface area contributed by atoms with Crippen molar-refractivity contribution in [1.29, 1.82) is 0 Å². The summed E-state index contributed by atoms with van der Waals surface area (Å²) in [5.74, 6) is 1.64. The van der Waals surface area contributed by atoms with Crippen LogP contribution in [0, 0.1) is 6.92 Å². The monoisotopic (exact) mass is 212 g/mol. The number of rotatable bonds is 4. The van der Waals surface area contributed by atoms with Gasteiger partial charge in [0.1, 0.15) is 5.82 Å². The van der Waals surface area contributed by atoms with E-state index < -0.39 is 0 Å². The van der Waals surface area contributed by atoms with Crippen molar-refractivity contribution in [2.24, 2.45) is 0 Å². The van der Waals surface area contributed by atoms with Crippen molar-refractivity contribution in [3.8, 4) is 0 Å². The molecule has 1 heterocycles. The van der Waals surface area contributed by atoms with Crippen LogP contribution in [-0.4, -0.2) is 23.5 Å². The lowest BCUT2D eigenvalue weighted by molar-refractivity contribution is 0.695. The summed E-state index contributed by atoms with van der Waals surface area (Å²) in [5.41, 5.74) is 1.18. The minimum absolute atomic E-state index is 0.434. The fraction of sp³-hybridized carbons (Fsp3) is 0.545. The van der Waals surface area contributed by atoms with Gasteiger partial charge in [-0.3, -0.25) is 0 Å². The van der Waals surface area contributed by atoms with Crippen molar-refractivity contribution in [3.63, 3.8) is 0 Å². The van der Waals surface area contributed by atoms with Crippen LogP contribution in [0.5, 0.6) is 0 Å². The summed E-state index contributed by atoms with van der Waals surface area (Å²) in [6, 6.07) is 4.55. The van der Waals surface area contributed by atoms with E-state index in [4.69, 9.17) is 11.6 Å². The lowest BCUT2D eigenvalue weighted by atomic mass is 10.2. The first-order chi connectivity index (χ1) is 6.65. The van der Waals surface area contributed by atoms with Crippen LogP contribution in [0.4, 0.5) is 5.82 Å². The Morgan fingerprint density at radius 3 is 2.57 bits per heavy atom. The molecule has 0 radical (unpaired) electrons. The van der Waals surface area contributed by atoms with Gasteiger partial charge in [0.2, 0.25) is 0 Å². The minimum Gasteiger partial charge on any atom is -0.353 e. The zero-order valence-corrected chi connectivity index (χ0v) is 9.75. The number of halogens is 1. The molecule has 3 heteroatoms. The molecule has 0 spiro atoms. The molecule has 0 aliphatic carbocycles. The molecule has 1 aromatic rings. The molecular weight excluding hydrogens is 196 g/mol. The van der Waals surface area contributed by atoms with Crippen molar-refractivity contribution >= 4 is 17.4 Å². The molecule has 0 bridgehead atoms. The van der Waals surface area contributed by atoms with Gasteiger partial charge in [-0.2, -0.15) is 0 Å². The van der Waals surface area contributed by atoms with Gasteiger partial charge in [0, 0.05) is 24.7 Å². The highest BCUT2D eigenvalue weighted by Crippen LogP contribution is 2.13. The van der Waals surface area contributed by atoms with E-state index >= 15 is 0 Å². The first-order valence-electron chi connectivity index (χ1n) is 4.90. The third kappa shape index (κ3) is 2.88. The van der Waals surface area contributed by atoms with E-state index in [1.165, 1.54) is 5.56 Å². The summed E-state index contributed by atoms with van der Waals surface area (Å²) in [6.45, 7) is 7.18. The van der Waals surface area contributed by atoms with Crippen molar-refractivity contribution < 1.29 is 0 Å². The van der Waals surface area contributed by atoms with Gasteiger partial charge in [-0.15, -0.1) is 11.6 Å². The van der Waals surface area contributed by atoms with E-state index in [2.05, 4.69) is 29.8 Å². The molecule has 0 unspecified atom stereocenters. The Balaban J connectivity index is 2.82. The standard InChI is InChI=1S/C11H17ClN2/c1-9(2)14(7-6-12)11-5-4-10(3)8-13-11/h4-5,8-9H,6-7H2,1-3H3. The van der Waals surface area contributed by atoms with Gasteiger partial charge in [0.15, 0.2) is 0 Å². The molecule has 0 amide bonds. The smallest absolute Gasteiger partial charge is 0.128 e. The van der Waals surface area contributed by atoms with Crippen LogP contribution in [-0.2, 0) is 0 Å². The molecule has 0 aliphatic rings. The van der Waals surface area contributed by atoms with E-state index in [0.717, 1.165) is 12.4 Å². The number of aromatic nitrogens is 1. The number of hydrogen-bond donors (Lipinski definition) is 0. The van der Waals surface area contributed by atoms with Crippen molar-refractivity contribution in [3.05, 3.63) is 23.9 Å². The van der Waals surface area contributed by atoms with E-state index in [-0.39, 0.29) is 0 Å². The summed E-state index contributed by atoms with van der Waals surface area (Å²) in [7, 11) is 0. The van der Waals surface area contributed by atoms with Gasteiger partial charge in [-0.05, 0) is 32.4 Å². The second kappa shape index (κ2) is 5.20. The highest BCUT2D eigenvalue weighted by atomic mass is 35.5. The fourth-order valence-corrected chi connectivity index (χ4v) is 1.54. The molecule has 0 fully saturated rings. The molecule has 0 saturated carbocycles. The van der Waals surface area contributed by atoms with Crippen LogP contribution in [0.3, 0.4) is 0 Å². The lowest BCUT2D eigenvalue weighted by Gasteiger charge is -2.26. The molecule has 0 aliphatic heterocycles. The number of pyridine rings is 1. The Morgan fingerprint density at radius 1 is 1.43 bits per heavy atom. The quantitative estimate of drug-likeness (QED) is 0.714. The third-order valence-corrected chi connectivity index (χ3v) is 2.31. The molecule has 0 aromatic carbocycles. The average Bonchev–Trinajstić information content (AvgIpc) is 2.15. The Hall–Kier alpha value is -0.760. The van der Waals surface area contributed by atoms with E-state index in [9.17, 15) is 0 Å². The maximum Gasteiger partial charge on any atom is 0.128 e. The Labute approximate surface area is 90.9 Å². The number of anilines is 1. The van der Waals surface area contributed by atoms with Crippen LogP contribution in [0.1, 0.15) is 19.4 Å².